The highest BCUT2D eigenvalue weighted by Gasteiger charge is 2.18. The minimum absolute atomic E-state index is 0.0384. The maximum absolute atomic E-state index is 12.3. The molecule has 2 rings (SSSR count). The molecule has 114 valence electrons. The van der Waals surface area contributed by atoms with E-state index in [1.165, 1.54) is 0 Å². The molecule has 0 fully saturated rings. The monoisotopic (exact) mass is 307 g/mol. The zero-order chi connectivity index (χ0) is 15.6. The summed E-state index contributed by atoms with van der Waals surface area (Å²) in [6.45, 7) is 6.63. The molecule has 6 heteroatoms. The number of benzene rings is 1. The molecule has 5 nitrogen and oxygen atoms in total. The number of aromatic nitrogens is 2. The van der Waals surface area contributed by atoms with E-state index in [4.69, 9.17) is 17.0 Å². The molecule has 1 unspecified atom stereocenters. The van der Waals surface area contributed by atoms with E-state index in [1.807, 2.05) is 29.7 Å². The average Bonchev–Trinajstić information content (AvgIpc) is 2.78. The number of rotatable bonds is 5. The standard InChI is InChI=1S/C15H21N3O2S/c1-9(2)8-16-14(19)10(3)18-13-7-11(20-4)5-6-12(13)17-15(18)21/h5-7,9-10H,8H2,1-4H3,(H,16,19)(H,17,21). The summed E-state index contributed by atoms with van der Waals surface area (Å²) in [5, 5.41) is 2.94. The third-order valence-corrected chi connectivity index (χ3v) is 3.67. The summed E-state index contributed by atoms with van der Waals surface area (Å²) in [6, 6.07) is 5.27. The molecule has 1 aromatic heterocycles. The van der Waals surface area contributed by atoms with E-state index in [0.717, 1.165) is 16.8 Å². The summed E-state index contributed by atoms with van der Waals surface area (Å²) < 4.78 is 7.60. The second kappa shape index (κ2) is 6.30. The summed E-state index contributed by atoms with van der Waals surface area (Å²) in [5.74, 6) is 1.11. The van der Waals surface area contributed by atoms with Crippen LogP contribution in [0.3, 0.4) is 0 Å². The molecule has 1 amide bonds. The number of aromatic amines is 1. The molecule has 0 spiro atoms. The molecule has 1 atom stereocenters. The van der Waals surface area contributed by atoms with Gasteiger partial charge in [-0.05, 0) is 37.2 Å². The number of hydrogen-bond acceptors (Lipinski definition) is 3. The van der Waals surface area contributed by atoms with Crippen molar-refractivity contribution in [2.24, 2.45) is 5.92 Å². The van der Waals surface area contributed by atoms with E-state index in [1.54, 1.807) is 7.11 Å². The van der Waals surface area contributed by atoms with Gasteiger partial charge in [-0.25, -0.2) is 0 Å². The van der Waals surface area contributed by atoms with Gasteiger partial charge in [0.2, 0.25) is 5.91 Å². The van der Waals surface area contributed by atoms with Gasteiger partial charge in [0.15, 0.2) is 4.77 Å². The van der Waals surface area contributed by atoms with Crippen molar-refractivity contribution < 1.29 is 9.53 Å². The van der Waals surface area contributed by atoms with Crippen LogP contribution in [0.15, 0.2) is 18.2 Å². The summed E-state index contributed by atoms with van der Waals surface area (Å²) in [6.07, 6.45) is 0. The van der Waals surface area contributed by atoms with Crippen LogP contribution in [0.4, 0.5) is 0 Å². The zero-order valence-corrected chi connectivity index (χ0v) is 13.6. The van der Waals surface area contributed by atoms with Crippen LogP contribution >= 0.6 is 12.2 Å². The van der Waals surface area contributed by atoms with Gasteiger partial charge in [0.05, 0.1) is 18.1 Å². The first kappa shape index (κ1) is 15.6. The van der Waals surface area contributed by atoms with E-state index in [-0.39, 0.29) is 11.9 Å². The van der Waals surface area contributed by atoms with Crippen molar-refractivity contribution in [1.82, 2.24) is 14.9 Å². The van der Waals surface area contributed by atoms with E-state index in [2.05, 4.69) is 24.1 Å². The topological polar surface area (TPSA) is 59.0 Å². The van der Waals surface area contributed by atoms with Crippen LogP contribution in [0, 0.1) is 10.7 Å². The Labute approximate surface area is 129 Å². The zero-order valence-electron chi connectivity index (χ0n) is 12.8. The molecule has 21 heavy (non-hydrogen) atoms. The Bertz CT molecular complexity index is 702. The molecule has 1 aromatic carbocycles. The average molecular weight is 307 g/mol. The Morgan fingerprint density at radius 1 is 1.43 bits per heavy atom. The summed E-state index contributed by atoms with van der Waals surface area (Å²) in [7, 11) is 1.62. The van der Waals surface area contributed by atoms with Crippen LogP contribution in [0.2, 0.25) is 0 Å². The maximum Gasteiger partial charge on any atom is 0.242 e. The summed E-state index contributed by atoms with van der Waals surface area (Å²) in [5.41, 5.74) is 1.76. The molecule has 2 aromatic rings. The fraction of sp³-hybridized carbons (Fsp3) is 0.467. The highest BCUT2D eigenvalue weighted by atomic mass is 32.1. The first-order chi connectivity index (χ1) is 9.93. The molecule has 0 aliphatic heterocycles. The van der Waals surface area contributed by atoms with Gasteiger partial charge >= 0.3 is 0 Å². The summed E-state index contributed by atoms with van der Waals surface area (Å²) in [4.78, 5) is 15.4. The minimum Gasteiger partial charge on any atom is -0.497 e. The van der Waals surface area contributed by atoms with Crippen LogP contribution in [-0.2, 0) is 4.79 Å². The molecular weight excluding hydrogens is 286 g/mol. The van der Waals surface area contributed by atoms with E-state index in [9.17, 15) is 4.79 Å². The highest BCUT2D eigenvalue weighted by molar-refractivity contribution is 7.71. The van der Waals surface area contributed by atoms with Crippen LogP contribution in [-0.4, -0.2) is 29.1 Å². The number of imidazole rings is 1. The Morgan fingerprint density at radius 2 is 2.14 bits per heavy atom. The first-order valence-corrected chi connectivity index (χ1v) is 7.40. The van der Waals surface area contributed by atoms with Gasteiger partial charge in [-0.15, -0.1) is 0 Å². The number of methoxy groups -OCH3 is 1. The molecule has 2 N–H and O–H groups in total. The van der Waals surface area contributed by atoms with Crippen molar-refractivity contribution in [3.63, 3.8) is 0 Å². The van der Waals surface area contributed by atoms with Crippen LogP contribution in [0.1, 0.15) is 26.8 Å². The predicted molar refractivity (Wildman–Crippen MR) is 86.2 cm³/mol. The van der Waals surface area contributed by atoms with Crippen LogP contribution in [0.25, 0.3) is 11.0 Å². The Balaban J connectivity index is 2.38. The van der Waals surface area contributed by atoms with Crippen LogP contribution in [0.5, 0.6) is 5.75 Å². The van der Waals surface area contributed by atoms with E-state index < -0.39 is 0 Å². The minimum atomic E-state index is -0.378. The predicted octanol–water partition coefficient (Wildman–Crippen LogP) is 3.04. The molecule has 0 saturated heterocycles. The third-order valence-electron chi connectivity index (χ3n) is 3.38. The number of amides is 1. The SMILES string of the molecule is COc1ccc2[nH]c(=S)n(C(C)C(=O)NCC(C)C)c2c1. The Hall–Kier alpha value is -1.82. The maximum atomic E-state index is 12.3. The molecule has 0 aliphatic carbocycles. The number of nitrogens with one attached hydrogen (secondary N) is 2. The molecule has 0 radical (unpaired) electrons. The van der Waals surface area contributed by atoms with E-state index >= 15 is 0 Å². The first-order valence-electron chi connectivity index (χ1n) is 7.00. The number of hydrogen-bond donors (Lipinski definition) is 2. The van der Waals surface area contributed by atoms with Gasteiger partial charge in [0.25, 0.3) is 0 Å². The van der Waals surface area contributed by atoms with Crippen molar-refractivity contribution in [2.45, 2.75) is 26.8 Å². The molecule has 0 saturated carbocycles. The van der Waals surface area contributed by atoms with Crippen molar-refractivity contribution >= 4 is 29.2 Å². The number of nitrogens with zero attached hydrogens (tertiary/aromatic N) is 1. The van der Waals surface area contributed by atoms with Gasteiger partial charge < -0.3 is 19.6 Å². The summed E-state index contributed by atoms with van der Waals surface area (Å²) >= 11 is 5.35. The van der Waals surface area contributed by atoms with Crippen LogP contribution < -0.4 is 10.1 Å². The normalized spacial score (nSPS) is 12.6. The molecule has 1 heterocycles. The molecule has 0 bridgehead atoms. The van der Waals surface area contributed by atoms with Crippen molar-refractivity contribution in [2.75, 3.05) is 13.7 Å². The second-order valence-corrected chi connectivity index (χ2v) is 5.88. The number of carbonyl (C=O) groups is 1. The number of H-pyrrole nitrogens is 1. The molecule has 0 aliphatic rings. The number of carbonyl (C=O) groups excluding carboxylic acids is 1. The highest BCUT2D eigenvalue weighted by Crippen LogP contribution is 2.23. The lowest BCUT2D eigenvalue weighted by atomic mass is 10.2. The van der Waals surface area contributed by atoms with Gasteiger partial charge in [-0.2, -0.15) is 0 Å². The van der Waals surface area contributed by atoms with Gasteiger partial charge in [0.1, 0.15) is 11.8 Å². The van der Waals surface area contributed by atoms with Gasteiger partial charge in [0, 0.05) is 12.6 Å². The Kier molecular flexibility index (Phi) is 4.67. The fourth-order valence-corrected chi connectivity index (χ4v) is 2.55. The quantitative estimate of drug-likeness (QED) is 0.835. The lowest BCUT2D eigenvalue weighted by molar-refractivity contribution is -0.123. The van der Waals surface area contributed by atoms with Gasteiger partial charge in [-0.1, -0.05) is 13.8 Å². The largest absolute Gasteiger partial charge is 0.497 e. The third kappa shape index (κ3) is 3.26. The van der Waals surface area contributed by atoms with E-state index in [0.29, 0.717) is 17.2 Å². The number of ether oxygens (including phenoxy) is 1. The Morgan fingerprint density at radius 3 is 2.76 bits per heavy atom. The smallest absolute Gasteiger partial charge is 0.242 e. The van der Waals surface area contributed by atoms with Crippen molar-refractivity contribution in [3.8, 4) is 5.75 Å². The lowest BCUT2D eigenvalue weighted by Gasteiger charge is -2.16. The second-order valence-electron chi connectivity index (χ2n) is 5.50. The fourth-order valence-electron chi connectivity index (χ4n) is 2.18. The lowest BCUT2D eigenvalue weighted by Crippen LogP contribution is -2.33. The molecular formula is C15H21N3O2S. The van der Waals surface area contributed by atoms with Crippen molar-refractivity contribution in [1.29, 1.82) is 0 Å². The van der Waals surface area contributed by atoms with Crippen molar-refractivity contribution in [3.05, 3.63) is 23.0 Å². The number of fused-ring (bicyclic) bond motifs is 1. The van der Waals surface area contributed by atoms with Gasteiger partial charge in [-0.3, -0.25) is 4.79 Å².